The first-order valence-electron chi connectivity index (χ1n) is 9.44. The summed E-state index contributed by atoms with van der Waals surface area (Å²) in [4.78, 5) is 26.5. The van der Waals surface area contributed by atoms with Crippen molar-refractivity contribution < 1.29 is 9.53 Å². The first-order valence-corrected chi connectivity index (χ1v) is 10.2. The molecule has 1 aromatic carbocycles. The molecule has 1 fully saturated rings. The Morgan fingerprint density at radius 1 is 1.17 bits per heavy atom. The van der Waals surface area contributed by atoms with E-state index in [2.05, 4.69) is 26.8 Å². The molecule has 2 aromatic heterocycles. The monoisotopic (exact) mass is 443 g/mol. The average molecular weight is 444 g/mol. The zero-order chi connectivity index (χ0) is 21.1. The summed E-state index contributed by atoms with van der Waals surface area (Å²) in [5.41, 5.74) is 1.44. The number of ether oxygens (including phenoxy) is 1. The van der Waals surface area contributed by atoms with E-state index < -0.39 is 0 Å². The minimum absolute atomic E-state index is 0.0140. The largest absolute Gasteiger partial charge is 0.474 e. The SMILES string of the molecule is C=CC(=O)N1CCC(Oc2cc3c(Nc4ccc(Cl)c(Cl)c4)ncnc3cn2)CC1. The summed E-state index contributed by atoms with van der Waals surface area (Å²) >= 11 is 12.1. The molecule has 1 aliphatic rings. The van der Waals surface area contributed by atoms with Crippen LogP contribution in [-0.2, 0) is 4.79 Å². The van der Waals surface area contributed by atoms with Crippen LogP contribution >= 0.6 is 23.2 Å². The van der Waals surface area contributed by atoms with Crippen LogP contribution in [0.3, 0.4) is 0 Å². The van der Waals surface area contributed by atoms with Crippen molar-refractivity contribution in [2.75, 3.05) is 18.4 Å². The number of hydrogen-bond acceptors (Lipinski definition) is 6. The molecule has 30 heavy (non-hydrogen) atoms. The van der Waals surface area contributed by atoms with Gasteiger partial charge in [0.1, 0.15) is 18.2 Å². The first-order chi connectivity index (χ1) is 14.5. The van der Waals surface area contributed by atoms with Gasteiger partial charge in [-0.3, -0.25) is 4.79 Å². The fourth-order valence-electron chi connectivity index (χ4n) is 3.31. The fraction of sp³-hybridized carbons (Fsp3) is 0.238. The molecular weight excluding hydrogens is 425 g/mol. The van der Waals surface area contributed by atoms with Crippen molar-refractivity contribution in [1.82, 2.24) is 19.9 Å². The van der Waals surface area contributed by atoms with Crippen LogP contribution in [0.2, 0.25) is 10.0 Å². The number of aromatic nitrogens is 3. The number of anilines is 2. The predicted octanol–water partition coefficient (Wildman–Crippen LogP) is 4.63. The lowest BCUT2D eigenvalue weighted by atomic mass is 10.1. The number of pyridine rings is 1. The average Bonchev–Trinajstić information content (AvgIpc) is 2.77. The third-order valence-corrected chi connectivity index (χ3v) is 5.63. The molecule has 1 N–H and O–H groups in total. The first kappa shape index (κ1) is 20.4. The quantitative estimate of drug-likeness (QED) is 0.578. The Morgan fingerprint density at radius 3 is 2.70 bits per heavy atom. The highest BCUT2D eigenvalue weighted by molar-refractivity contribution is 6.42. The summed E-state index contributed by atoms with van der Waals surface area (Å²) in [6.45, 7) is 4.81. The summed E-state index contributed by atoms with van der Waals surface area (Å²) < 4.78 is 6.07. The lowest BCUT2D eigenvalue weighted by Gasteiger charge is -2.31. The molecule has 1 saturated heterocycles. The van der Waals surface area contributed by atoms with Crippen LogP contribution in [0.1, 0.15) is 12.8 Å². The number of piperidine rings is 1. The number of amides is 1. The van der Waals surface area contributed by atoms with Crippen LogP contribution in [0.25, 0.3) is 10.9 Å². The van der Waals surface area contributed by atoms with Gasteiger partial charge in [0.25, 0.3) is 0 Å². The summed E-state index contributed by atoms with van der Waals surface area (Å²) in [6.07, 6.45) is 5.92. The van der Waals surface area contributed by atoms with Gasteiger partial charge in [0.2, 0.25) is 11.8 Å². The zero-order valence-corrected chi connectivity index (χ0v) is 17.5. The number of carbonyl (C=O) groups excluding carboxylic acids is 1. The fourth-order valence-corrected chi connectivity index (χ4v) is 3.61. The van der Waals surface area contributed by atoms with Crippen LogP contribution in [0.15, 0.2) is 49.4 Å². The Hall–Kier alpha value is -2.90. The molecule has 0 unspecified atom stereocenters. The third kappa shape index (κ3) is 4.47. The molecule has 4 rings (SSSR count). The molecule has 0 bridgehead atoms. The minimum Gasteiger partial charge on any atom is -0.474 e. The number of rotatable bonds is 5. The number of nitrogens with zero attached hydrogens (tertiary/aromatic N) is 4. The molecule has 9 heteroatoms. The van der Waals surface area contributed by atoms with Crippen molar-refractivity contribution in [3.8, 4) is 5.88 Å². The second kappa shape index (κ2) is 8.85. The minimum atomic E-state index is -0.0487. The van der Waals surface area contributed by atoms with Gasteiger partial charge in [-0.15, -0.1) is 0 Å². The highest BCUT2D eigenvalue weighted by Crippen LogP contribution is 2.30. The topological polar surface area (TPSA) is 80.2 Å². The van der Waals surface area contributed by atoms with E-state index in [1.807, 2.05) is 12.1 Å². The van der Waals surface area contributed by atoms with Gasteiger partial charge in [0.05, 0.1) is 21.8 Å². The maximum Gasteiger partial charge on any atom is 0.245 e. The number of benzene rings is 1. The molecule has 0 radical (unpaired) electrons. The van der Waals surface area contributed by atoms with Gasteiger partial charge in [-0.1, -0.05) is 29.8 Å². The summed E-state index contributed by atoms with van der Waals surface area (Å²) in [6, 6.07) is 7.08. The van der Waals surface area contributed by atoms with Crippen molar-refractivity contribution in [2.45, 2.75) is 18.9 Å². The summed E-state index contributed by atoms with van der Waals surface area (Å²) in [7, 11) is 0. The van der Waals surface area contributed by atoms with E-state index in [4.69, 9.17) is 27.9 Å². The van der Waals surface area contributed by atoms with Crippen LogP contribution in [0, 0.1) is 0 Å². The molecule has 0 aliphatic carbocycles. The maximum absolute atomic E-state index is 11.7. The van der Waals surface area contributed by atoms with E-state index in [0.29, 0.717) is 40.3 Å². The number of halogens is 2. The van der Waals surface area contributed by atoms with Gasteiger partial charge in [-0.05, 0) is 24.3 Å². The maximum atomic E-state index is 11.7. The molecular formula is C21H19Cl2N5O2. The van der Waals surface area contributed by atoms with E-state index in [-0.39, 0.29) is 12.0 Å². The molecule has 3 aromatic rings. The number of carbonyl (C=O) groups is 1. The van der Waals surface area contributed by atoms with Gasteiger partial charge in [-0.25, -0.2) is 15.0 Å². The molecule has 7 nitrogen and oxygen atoms in total. The van der Waals surface area contributed by atoms with Gasteiger partial charge < -0.3 is 15.0 Å². The lowest BCUT2D eigenvalue weighted by Crippen LogP contribution is -2.41. The summed E-state index contributed by atoms with van der Waals surface area (Å²) in [5, 5.41) is 4.94. The predicted molar refractivity (Wildman–Crippen MR) is 118 cm³/mol. The zero-order valence-electron chi connectivity index (χ0n) is 16.0. The highest BCUT2D eigenvalue weighted by Gasteiger charge is 2.23. The highest BCUT2D eigenvalue weighted by atomic mass is 35.5. The van der Waals surface area contributed by atoms with Crippen LogP contribution in [0.5, 0.6) is 5.88 Å². The van der Waals surface area contributed by atoms with E-state index in [1.165, 1.54) is 12.4 Å². The van der Waals surface area contributed by atoms with Crippen molar-refractivity contribution >= 4 is 51.5 Å². The number of nitrogens with one attached hydrogen (secondary N) is 1. The Kier molecular flexibility index (Phi) is 6.01. The van der Waals surface area contributed by atoms with Crippen LogP contribution < -0.4 is 10.1 Å². The second-order valence-corrected chi connectivity index (χ2v) is 7.68. The molecule has 0 saturated carbocycles. The molecule has 1 amide bonds. The molecule has 0 atom stereocenters. The molecule has 0 spiro atoms. The lowest BCUT2D eigenvalue weighted by molar-refractivity contribution is -0.127. The third-order valence-electron chi connectivity index (χ3n) is 4.89. The van der Waals surface area contributed by atoms with Gasteiger partial charge >= 0.3 is 0 Å². The van der Waals surface area contributed by atoms with Crippen molar-refractivity contribution in [2.24, 2.45) is 0 Å². The Morgan fingerprint density at radius 2 is 1.97 bits per heavy atom. The van der Waals surface area contributed by atoms with Crippen molar-refractivity contribution in [3.63, 3.8) is 0 Å². The molecule has 3 heterocycles. The molecule has 1 aliphatic heterocycles. The van der Waals surface area contributed by atoms with Gasteiger partial charge in [0.15, 0.2) is 0 Å². The van der Waals surface area contributed by atoms with E-state index in [1.54, 1.807) is 23.2 Å². The second-order valence-electron chi connectivity index (χ2n) is 6.86. The van der Waals surface area contributed by atoms with Crippen LogP contribution in [0.4, 0.5) is 11.5 Å². The smallest absolute Gasteiger partial charge is 0.245 e. The number of hydrogen-bond donors (Lipinski definition) is 1. The van der Waals surface area contributed by atoms with Crippen LogP contribution in [-0.4, -0.2) is 45.0 Å². The van der Waals surface area contributed by atoms with Crippen molar-refractivity contribution in [3.05, 3.63) is 59.5 Å². The van der Waals surface area contributed by atoms with E-state index >= 15 is 0 Å². The van der Waals surface area contributed by atoms with E-state index in [0.717, 1.165) is 23.9 Å². The number of likely N-dealkylation sites (tertiary alicyclic amines) is 1. The normalized spacial score (nSPS) is 14.5. The Bertz CT molecular complexity index is 1100. The van der Waals surface area contributed by atoms with E-state index in [9.17, 15) is 4.79 Å². The Balaban J connectivity index is 1.52. The summed E-state index contributed by atoms with van der Waals surface area (Å²) in [5.74, 6) is 1.05. The van der Waals surface area contributed by atoms with Gasteiger partial charge in [-0.2, -0.15) is 0 Å². The van der Waals surface area contributed by atoms with Crippen molar-refractivity contribution in [1.29, 1.82) is 0 Å². The standard InChI is InChI=1S/C21H19Cl2N5O2/c1-2-20(29)28-7-5-14(6-8-28)30-19-10-15-18(11-24-19)25-12-26-21(15)27-13-3-4-16(22)17(23)9-13/h2-4,9-12,14H,1,5-8H2,(H,25,26,27). The number of fused-ring (bicyclic) bond motifs is 1. The molecule has 154 valence electrons. The Labute approximate surface area is 183 Å². The van der Waals surface area contributed by atoms with Gasteiger partial charge in [0, 0.05) is 43.1 Å².